The maximum absolute atomic E-state index is 11.6. The first-order valence-corrected chi connectivity index (χ1v) is 4.48. The summed E-state index contributed by atoms with van der Waals surface area (Å²) in [4.78, 5) is 11.6. The highest BCUT2D eigenvalue weighted by molar-refractivity contribution is 5.85. The standard InChI is InChI=1S/C12H9NO2.ClH/c1-2-8-4-3-5-10-11(14)6-9(7-13)15-12(8)10;/h1,3-6H,7,13H2;1H. The molecule has 4 heteroatoms. The number of benzene rings is 1. The van der Waals surface area contributed by atoms with Crippen molar-refractivity contribution >= 4 is 23.4 Å². The smallest absolute Gasteiger partial charge is 0.193 e. The quantitative estimate of drug-likeness (QED) is 0.765. The Morgan fingerprint density at radius 1 is 1.44 bits per heavy atom. The zero-order valence-corrected chi connectivity index (χ0v) is 9.21. The van der Waals surface area contributed by atoms with Crippen LogP contribution in [0.2, 0.25) is 0 Å². The summed E-state index contributed by atoms with van der Waals surface area (Å²) in [5.41, 5.74) is 6.31. The van der Waals surface area contributed by atoms with E-state index in [2.05, 4.69) is 5.92 Å². The predicted octanol–water partition coefficient (Wildman–Crippen LogP) is 1.65. The van der Waals surface area contributed by atoms with Crippen molar-refractivity contribution in [2.75, 3.05) is 0 Å². The van der Waals surface area contributed by atoms with E-state index in [0.29, 0.717) is 22.3 Å². The first-order valence-electron chi connectivity index (χ1n) is 4.48. The van der Waals surface area contributed by atoms with Gasteiger partial charge in [-0.3, -0.25) is 4.79 Å². The van der Waals surface area contributed by atoms with Crippen LogP contribution in [0.1, 0.15) is 11.3 Å². The van der Waals surface area contributed by atoms with Crippen LogP contribution in [0, 0.1) is 12.3 Å². The Bertz CT molecular complexity index is 610. The van der Waals surface area contributed by atoms with Crippen molar-refractivity contribution < 1.29 is 4.42 Å². The molecule has 2 rings (SSSR count). The lowest BCUT2D eigenvalue weighted by molar-refractivity contribution is 0.538. The van der Waals surface area contributed by atoms with Crippen LogP contribution in [0.3, 0.4) is 0 Å². The van der Waals surface area contributed by atoms with E-state index in [1.807, 2.05) is 0 Å². The third-order valence-corrected chi connectivity index (χ3v) is 2.16. The summed E-state index contributed by atoms with van der Waals surface area (Å²) in [5, 5.41) is 0.489. The second-order valence-corrected chi connectivity index (χ2v) is 3.11. The van der Waals surface area contributed by atoms with Crippen LogP contribution in [0.25, 0.3) is 11.0 Å². The van der Waals surface area contributed by atoms with E-state index in [-0.39, 0.29) is 24.4 Å². The van der Waals surface area contributed by atoms with Gasteiger partial charge in [0, 0.05) is 6.07 Å². The molecule has 0 saturated carbocycles. The number of nitrogens with two attached hydrogens (primary N) is 1. The Hall–Kier alpha value is -1.76. The van der Waals surface area contributed by atoms with Gasteiger partial charge in [-0.1, -0.05) is 12.0 Å². The average Bonchev–Trinajstić information content (AvgIpc) is 2.28. The molecule has 0 fully saturated rings. The topological polar surface area (TPSA) is 56.2 Å². The van der Waals surface area contributed by atoms with E-state index in [1.165, 1.54) is 6.07 Å². The average molecular weight is 236 g/mol. The third-order valence-electron chi connectivity index (χ3n) is 2.16. The largest absolute Gasteiger partial charge is 0.458 e. The molecule has 0 bridgehead atoms. The van der Waals surface area contributed by atoms with Gasteiger partial charge in [0.25, 0.3) is 0 Å². The zero-order chi connectivity index (χ0) is 10.8. The molecule has 82 valence electrons. The van der Waals surface area contributed by atoms with E-state index in [9.17, 15) is 4.79 Å². The van der Waals surface area contributed by atoms with Gasteiger partial charge in [0.2, 0.25) is 0 Å². The van der Waals surface area contributed by atoms with Crippen molar-refractivity contribution in [3.8, 4) is 12.3 Å². The van der Waals surface area contributed by atoms with Crippen LogP contribution in [0.15, 0.2) is 33.5 Å². The number of rotatable bonds is 1. The third kappa shape index (κ3) is 1.94. The highest BCUT2D eigenvalue weighted by Gasteiger charge is 2.06. The minimum absolute atomic E-state index is 0. The minimum atomic E-state index is -0.117. The van der Waals surface area contributed by atoms with Crippen molar-refractivity contribution in [2.24, 2.45) is 5.73 Å². The first kappa shape index (κ1) is 12.3. The lowest BCUT2D eigenvalue weighted by atomic mass is 10.1. The summed E-state index contributed by atoms with van der Waals surface area (Å²) >= 11 is 0. The number of fused-ring (bicyclic) bond motifs is 1. The number of hydrogen-bond acceptors (Lipinski definition) is 3. The number of hydrogen-bond donors (Lipinski definition) is 1. The summed E-state index contributed by atoms with van der Waals surface area (Å²) in [6, 6.07) is 6.53. The van der Waals surface area contributed by atoms with Crippen LogP contribution in [0.5, 0.6) is 0 Å². The van der Waals surface area contributed by atoms with Crippen molar-refractivity contribution in [1.82, 2.24) is 0 Å². The Labute approximate surface area is 98.7 Å². The Morgan fingerprint density at radius 3 is 2.81 bits per heavy atom. The van der Waals surface area contributed by atoms with Crippen LogP contribution >= 0.6 is 12.4 Å². The normalized spacial score (nSPS) is 9.50. The van der Waals surface area contributed by atoms with Crippen molar-refractivity contribution in [1.29, 1.82) is 0 Å². The maximum atomic E-state index is 11.6. The summed E-state index contributed by atoms with van der Waals surface area (Å²) in [5.74, 6) is 2.92. The van der Waals surface area contributed by atoms with E-state index < -0.39 is 0 Å². The van der Waals surface area contributed by atoms with Gasteiger partial charge < -0.3 is 10.2 Å². The molecule has 0 unspecified atom stereocenters. The maximum Gasteiger partial charge on any atom is 0.193 e. The Balaban J connectivity index is 0.00000128. The molecule has 2 N–H and O–H groups in total. The van der Waals surface area contributed by atoms with Gasteiger partial charge in [-0.2, -0.15) is 0 Å². The highest BCUT2D eigenvalue weighted by atomic mass is 35.5. The fourth-order valence-corrected chi connectivity index (χ4v) is 1.44. The summed E-state index contributed by atoms with van der Waals surface area (Å²) < 4.78 is 5.45. The molecular weight excluding hydrogens is 226 g/mol. The van der Waals surface area contributed by atoms with Gasteiger partial charge >= 0.3 is 0 Å². The second-order valence-electron chi connectivity index (χ2n) is 3.11. The van der Waals surface area contributed by atoms with Gasteiger partial charge in [-0.15, -0.1) is 18.8 Å². The van der Waals surface area contributed by atoms with Gasteiger partial charge in [0.1, 0.15) is 5.76 Å². The first-order chi connectivity index (χ1) is 7.26. The molecule has 0 atom stereocenters. The van der Waals surface area contributed by atoms with Gasteiger partial charge in [-0.05, 0) is 12.1 Å². The molecule has 0 radical (unpaired) electrons. The predicted molar refractivity (Wildman–Crippen MR) is 65.6 cm³/mol. The van der Waals surface area contributed by atoms with Crippen LogP contribution in [0.4, 0.5) is 0 Å². The summed E-state index contributed by atoms with van der Waals surface area (Å²) in [6.07, 6.45) is 5.31. The van der Waals surface area contributed by atoms with Crippen LogP contribution in [-0.4, -0.2) is 0 Å². The molecule has 2 aromatic rings. The molecule has 0 aliphatic heterocycles. The van der Waals surface area contributed by atoms with Crippen LogP contribution < -0.4 is 11.2 Å². The van der Waals surface area contributed by atoms with Gasteiger partial charge in [0.15, 0.2) is 11.0 Å². The molecular formula is C12H10ClNO2. The zero-order valence-electron chi connectivity index (χ0n) is 8.40. The number of terminal acetylenes is 1. The van der Waals surface area contributed by atoms with E-state index >= 15 is 0 Å². The van der Waals surface area contributed by atoms with E-state index in [4.69, 9.17) is 16.6 Å². The fourth-order valence-electron chi connectivity index (χ4n) is 1.44. The fraction of sp³-hybridized carbons (Fsp3) is 0.0833. The Morgan fingerprint density at radius 2 is 2.19 bits per heavy atom. The monoisotopic (exact) mass is 235 g/mol. The van der Waals surface area contributed by atoms with Gasteiger partial charge in [-0.25, -0.2) is 0 Å². The molecule has 0 amide bonds. The molecule has 1 heterocycles. The summed E-state index contributed by atoms with van der Waals surface area (Å²) in [7, 11) is 0. The number of para-hydroxylation sites is 1. The molecule has 16 heavy (non-hydrogen) atoms. The summed E-state index contributed by atoms with van der Waals surface area (Å²) in [6.45, 7) is 0.185. The molecule has 1 aromatic heterocycles. The highest BCUT2D eigenvalue weighted by Crippen LogP contribution is 2.16. The van der Waals surface area contributed by atoms with Crippen molar-refractivity contribution in [3.05, 3.63) is 45.8 Å². The van der Waals surface area contributed by atoms with Crippen LogP contribution in [-0.2, 0) is 6.54 Å². The molecule has 0 aliphatic rings. The molecule has 0 spiro atoms. The number of halogens is 1. The molecule has 1 aromatic carbocycles. The molecule has 3 nitrogen and oxygen atoms in total. The lowest BCUT2D eigenvalue weighted by Gasteiger charge is -2.01. The van der Waals surface area contributed by atoms with E-state index in [1.54, 1.807) is 18.2 Å². The van der Waals surface area contributed by atoms with Crippen molar-refractivity contribution in [3.63, 3.8) is 0 Å². The Kier molecular flexibility index (Phi) is 3.73. The molecule has 0 saturated heterocycles. The van der Waals surface area contributed by atoms with Crippen molar-refractivity contribution in [2.45, 2.75) is 6.54 Å². The SMILES string of the molecule is C#Cc1cccc2c(=O)cc(CN)oc12.Cl. The van der Waals surface area contributed by atoms with Gasteiger partial charge in [0.05, 0.1) is 17.5 Å². The van der Waals surface area contributed by atoms with E-state index in [0.717, 1.165) is 0 Å². The minimum Gasteiger partial charge on any atom is -0.458 e. The lowest BCUT2D eigenvalue weighted by Crippen LogP contribution is -2.06. The molecule has 0 aliphatic carbocycles. The second kappa shape index (κ2) is 4.84.